The Morgan fingerprint density at radius 2 is 1.06 bits per heavy atom. The molecule has 0 amide bonds. The Kier molecular flexibility index (Phi) is 2.80. The lowest BCUT2D eigenvalue weighted by Gasteiger charge is -2.27. The third-order valence-electron chi connectivity index (χ3n) is 3.15. The summed E-state index contributed by atoms with van der Waals surface area (Å²) in [6, 6.07) is 14.4. The van der Waals surface area contributed by atoms with Gasteiger partial charge in [0.15, 0.2) is 0 Å². The van der Waals surface area contributed by atoms with E-state index >= 15 is 0 Å². The van der Waals surface area contributed by atoms with Gasteiger partial charge < -0.3 is 10.2 Å². The first kappa shape index (κ1) is 11.5. The van der Waals surface area contributed by atoms with Crippen molar-refractivity contribution in [2.75, 3.05) is 0 Å². The van der Waals surface area contributed by atoms with Crippen molar-refractivity contribution in [1.29, 1.82) is 0 Å². The summed E-state index contributed by atoms with van der Waals surface area (Å²) in [7, 11) is 0. The van der Waals surface area contributed by atoms with Gasteiger partial charge >= 0.3 is 0 Å². The third kappa shape index (κ3) is 1.98. The van der Waals surface area contributed by atoms with E-state index in [9.17, 15) is 10.2 Å². The van der Waals surface area contributed by atoms with Crippen LogP contribution in [-0.2, 0) is 5.41 Å². The normalized spacial score (nSPS) is 11.4. The monoisotopic (exact) mass is 228 g/mol. The SMILES string of the molecule is CC(C)(c1ccccc1O)c1ccccc1O. The van der Waals surface area contributed by atoms with Gasteiger partial charge in [0, 0.05) is 16.5 Å². The van der Waals surface area contributed by atoms with E-state index in [1.54, 1.807) is 24.3 Å². The highest BCUT2D eigenvalue weighted by atomic mass is 16.3. The Labute approximate surface area is 101 Å². The van der Waals surface area contributed by atoms with Crippen LogP contribution >= 0.6 is 0 Å². The molecule has 2 aromatic rings. The molecule has 0 unspecified atom stereocenters. The first-order chi connectivity index (χ1) is 8.03. The van der Waals surface area contributed by atoms with Gasteiger partial charge in [0.1, 0.15) is 11.5 Å². The number of para-hydroxylation sites is 2. The number of rotatable bonds is 2. The summed E-state index contributed by atoms with van der Waals surface area (Å²) in [6.07, 6.45) is 0. The van der Waals surface area contributed by atoms with Crippen LogP contribution in [0.15, 0.2) is 48.5 Å². The highest BCUT2D eigenvalue weighted by Gasteiger charge is 2.28. The first-order valence-corrected chi connectivity index (χ1v) is 5.60. The van der Waals surface area contributed by atoms with E-state index in [4.69, 9.17) is 0 Å². The summed E-state index contributed by atoms with van der Waals surface area (Å²) in [5.41, 5.74) is 1.18. The van der Waals surface area contributed by atoms with Crippen LogP contribution in [0, 0.1) is 0 Å². The lowest BCUT2D eigenvalue weighted by molar-refractivity contribution is 0.435. The number of aromatic hydroxyl groups is 2. The Balaban J connectivity index is 2.58. The molecule has 0 bridgehead atoms. The number of hydrogen-bond donors (Lipinski definition) is 2. The average molecular weight is 228 g/mol. The van der Waals surface area contributed by atoms with Crippen LogP contribution in [0.3, 0.4) is 0 Å². The maximum Gasteiger partial charge on any atom is 0.119 e. The number of benzene rings is 2. The van der Waals surface area contributed by atoms with Gasteiger partial charge in [0.2, 0.25) is 0 Å². The Hall–Kier alpha value is -1.96. The van der Waals surface area contributed by atoms with Gasteiger partial charge in [-0.1, -0.05) is 50.2 Å². The minimum Gasteiger partial charge on any atom is -0.508 e. The number of phenols is 2. The summed E-state index contributed by atoms with van der Waals surface area (Å²) < 4.78 is 0. The molecule has 0 heterocycles. The van der Waals surface area contributed by atoms with Crippen LogP contribution in [-0.4, -0.2) is 10.2 Å². The Bertz CT molecular complexity index is 482. The van der Waals surface area contributed by atoms with Gasteiger partial charge in [0.25, 0.3) is 0 Å². The fourth-order valence-electron chi connectivity index (χ4n) is 2.15. The van der Waals surface area contributed by atoms with Crippen molar-refractivity contribution in [1.82, 2.24) is 0 Å². The molecular weight excluding hydrogens is 212 g/mol. The molecule has 17 heavy (non-hydrogen) atoms. The predicted octanol–water partition coefficient (Wildman–Crippen LogP) is 3.42. The molecule has 2 heteroatoms. The van der Waals surface area contributed by atoms with Crippen molar-refractivity contribution < 1.29 is 10.2 Å². The van der Waals surface area contributed by atoms with E-state index in [1.165, 1.54) is 0 Å². The quantitative estimate of drug-likeness (QED) is 0.826. The van der Waals surface area contributed by atoms with Crippen molar-refractivity contribution in [3.05, 3.63) is 59.7 Å². The van der Waals surface area contributed by atoms with E-state index in [1.807, 2.05) is 38.1 Å². The van der Waals surface area contributed by atoms with Gasteiger partial charge in [-0.2, -0.15) is 0 Å². The summed E-state index contributed by atoms with van der Waals surface area (Å²) in [5.74, 6) is 0.501. The highest BCUT2D eigenvalue weighted by molar-refractivity contribution is 5.49. The fraction of sp³-hybridized carbons (Fsp3) is 0.200. The lowest BCUT2D eigenvalue weighted by atomic mass is 9.77. The molecule has 2 aromatic carbocycles. The molecule has 88 valence electrons. The minimum absolute atomic E-state index is 0.251. The second-order valence-electron chi connectivity index (χ2n) is 4.66. The molecule has 0 atom stereocenters. The molecule has 0 aliphatic carbocycles. The molecule has 0 aromatic heterocycles. The second kappa shape index (κ2) is 4.13. The zero-order chi connectivity index (χ0) is 12.5. The molecule has 0 aliphatic heterocycles. The van der Waals surface area contributed by atoms with Crippen LogP contribution in [0.25, 0.3) is 0 Å². The van der Waals surface area contributed by atoms with Crippen LogP contribution in [0.2, 0.25) is 0 Å². The van der Waals surface area contributed by atoms with Crippen molar-refractivity contribution in [3.8, 4) is 11.5 Å². The Morgan fingerprint density at radius 1 is 0.706 bits per heavy atom. The largest absolute Gasteiger partial charge is 0.508 e. The highest BCUT2D eigenvalue weighted by Crippen LogP contribution is 2.39. The summed E-state index contributed by atoms with van der Waals surface area (Å²) in [6.45, 7) is 3.97. The van der Waals surface area contributed by atoms with Gasteiger partial charge in [-0.15, -0.1) is 0 Å². The average Bonchev–Trinajstić information content (AvgIpc) is 2.29. The van der Waals surface area contributed by atoms with Crippen molar-refractivity contribution in [3.63, 3.8) is 0 Å². The van der Waals surface area contributed by atoms with E-state index < -0.39 is 5.41 Å². The van der Waals surface area contributed by atoms with Crippen LogP contribution < -0.4 is 0 Å². The van der Waals surface area contributed by atoms with Gasteiger partial charge in [-0.05, 0) is 12.1 Å². The van der Waals surface area contributed by atoms with E-state index in [-0.39, 0.29) is 11.5 Å². The van der Waals surface area contributed by atoms with Gasteiger partial charge in [0.05, 0.1) is 0 Å². The molecule has 0 radical (unpaired) electrons. The molecule has 2 rings (SSSR count). The van der Waals surface area contributed by atoms with Crippen molar-refractivity contribution in [2.45, 2.75) is 19.3 Å². The van der Waals surface area contributed by atoms with E-state index in [2.05, 4.69) is 0 Å². The smallest absolute Gasteiger partial charge is 0.119 e. The second-order valence-corrected chi connectivity index (χ2v) is 4.66. The standard InChI is InChI=1S/C15H16O2/c1-15(2,11-7-3-5-9-13(11)16)12-8-4-6-10-14(12)17/h3-10,16-17H,1-2H3. The molecule has 2 N–H and O–H groups in total. The van der Waals surface area contributed by atoms with Crippen LogP contribution in [0.5, 0.6) is 11.5 Å². The lowest BCUT2D eigenvalue weighted by Crippen LogP contribution is -2.19. The Morgan fingerprint density at radius 3 is 1.41 bits per heavy atom. The van der Waals surface area contributed by atoms with Crippen molar-refractivity contribution in [2.24, 2.45) is 0 Å². The molecular formula is C15H16O2. The topological polar surface area (TPSA) is 40.5 Å². The van der Waals surface area contributed by atoms with Gasteiger partial charge in [-0.25, -0.2) is 0 Å². The summed E-state index contributed by atoms with van der Waals surface area (Å²) in [5, 5.41) is 19.8. The fourth-order valence-corrected chi connectivity index (χ4v) is 2.15. The zero-order valence-corrected chi connectivity index (χ0v) is 10.0. The molecule has 0 aliphatic rings. The van der Waals surface area contributed by atoms with Gasteiger partial charge in [-0.3, -0.25) is 0 Å². The predicted molar refractivity (Wildman–Crippen MR) is 68.3 cm³/mol. The molecule has 0 fully saturated rings. The molecule has 0 saturated carbocycles. The van der Waals surface area contributed by atoms with Crippen LogP contribution in [0.4, 0.5) is 0 Å². The molecule has 0 saturated heterocycles. The maximum atomic E-state index is 9.92. The van der Waals surface area contributed by atoms with Crippen LogP contribution in [0.1, 0.15) is 25.0 Å². The number of phenolic OH excluding ortho intramolecular Hbond substituents is 2. The van der Waals surface area contributed by atoms with Crippen molar-refractivity contribution >= 4 is 0 Å². The van der Waals surface area contributed by atoms with E-state index in [0.717, 1.165) is 11.1 Å². The minimum atomic E-state index is -0.434. The van der Waals surface area contributed by atoms with E-state index in [0.29, 0.717) is 0 Å². The first-order valence-electron chi connectivity index (χ1n) is 5.60. The molecule has 0 spiro atoms. The summed E-state index contributed by atoms with van der Waals surface area (Å²) >= 11 is 0. The maximum absolute atomic E-state index is 9.92. The summed E-state index contributed by atoms with van der Waals surface area (Å²) in [4.78, 5) is 0. The zero-order valence-electron chi connectivity index (χ0n) is 10.0. The molecule has 2 nitrogen and oxygen atoms in total. The third-order valence-corrected chi connectivity index (χ3v) is 3.15. The number of hydrogen-bond acceptors (Lipinski definition) is 2.